The van der Waals surface area contributed by atoms with Gasteiger partial charge in [0.15, 0.2) is 5.60 Å². The predicted molar refractivity (Wildman–Crippen MR) is 128 cm³/mol. The largest absolute Gasteiger partial charge is 0.478 e. The van der Waals surface area contributed by atoms with E-state index in [0.29, 0.717) is 22.1 Å². The van der Waals surface area contributed by atoms with Gasteiger partial charge in [-0.15, -0.1) is 0 Å². The van der Waals surface area contributed by atoms with Gasteiger partial charge in [-0.05, 0) is 87.4 Å². The van der Waals surface area contributed by atoms with Crippen LogP contribution in [0, 0.1) is 13.8 Å². The Morgan fingerprint density at radius 2 is 1.47 bits per heavy atom. The van der Waals surface area contributed by atoms with Gasteiger partial charge in [-0.25, -0.2) is 8.42 Å². The number of amides is 1. The molecule has 0 aliphatic carbocycles. The Hall–Kier alpha value is -3.03. The highest BCUT2D eigenvalue weighted by molar-refractivity contribution is 7.92. The van der Waals surface area contributed by atoms with Gasteiger partial charge in [0, 0.05) is 10.7 Å². The summed E-state index contributed by atoms with van der Waals surface area (Å²) in [5.74, 6) is 0.130. The van der Waals surface area contributed by atoms with Crippen LogP contribution in [0.4, 0.5) is 11.4 Å². The van der Waals surface area contributed by atoms with Gasteiger partial charge in [-0.3, -0.25) is 9.52 Å². The summed E-state index contributed by atoms with van der Waals surface area (Å²) in [4.78, 5) is 12.8. The molecule has 0 saturated carbocycles. The maximum absolute atomic E-state index is 12.8. The lowest BCUT2D eigenvalue weighted by Gasteiger charge is -2.25. The molecule has 0 aliphatic rings. The number of anilines is 2. The molecule has 0 bridgehead atoms. The molecule has 2 N–H and O–H groups in total. The van der Waals surface area contributed by atoms with Gasteiger partial charge in [0.05, 0.1) is 10.6 Å². The van der Waals surface area contributed by atoms with Crippen molar-refractivity contribution in [3.63, 3.8) is 0 Å². The van der Waals surface area contributed by atoms with Crippen LogP contribution in [0.25, 0.3) is 0 Å². The highest BCUT2D eigenvalue weighted by atomic mass is 35.5. The van der Waals surface area contributed by atoms with Crippen LogP contribution in [0.15, 0.2) is 71.6 Å². The summed E-state index contributed by atoms with van der Waals surface area (Å²) in [6, 6.07) is 18.2. The van der Waals surface area contributed by atoms with Crippen molar-refractivity contribution in [3.05, 3.63) is 82.9 Å². The number of carbonyl (C=O) groups is 1. The van der Waals surface area contributed by atoms with E-state index in [0.717, 1.165) is 11.1 Å². The van der Waals surface area contributed by atoms with Crippen molar-refractivity contribution in [2.75, 3.05) is 10.0 Å². The molecule has 0 unspecified atom stereocenters. The van der Waals surface area contributed by atoms with Gasteiger partial charge in [0.2, 0.25) is 0 Å². The summed E-state index contributed by atoms with van der Waals surface area (Å²) in [5.41, 5.74) is 1.52. The summed E-state index contributed by atoms with van der Waals surface area (Å²) >= 11 is 5.88. The minimum atomic E-state index is -3.77. The van der Waals surface area contributed by atoms with Crippen LogP contribution >= 0.6 is 11.6 Å². The van der Waals surface area contributed by atoms with E-state index < -0.39 is 15.6 Å². The third-order valence-corrected chi connectivity index (χ3v) is 6.49. The molecule has 0 saturated heterocycles. The molecule has 0 atom stereocenters. The fraction of sp³-hybridized carbons (Fsp3) is 0.208. The zero-order valence-corrected chi connectivity index (χ0v) is 19.8. The van der Waals surface area contributed by atoms with Gasteiger partial charge in [-0.1, -0.05) is 29.8 Å². The van der Waals surface area contributed by atoms with E-state index in [1.54, 1.807) is 38.1 Å². The Bertz CT molecular complexity index is 1200. The molecule has 0 spiro atoms. The number of benzene rings is 3. The molecule has 8 heteroatoms. The number of para-hydroxylation sites is 1. The second-order valence-electron chi connectivity index (χ2n) is 7.92. The van der Waals surface area contributed by atoms with E-state index in [1.807, 2.05) is 32.0 Å². The Kier molecular flexibility index (Phi) is 6.81. The number of hydrogen-bond donors (Lipinski definition) is 2. The third-order valence-electron chi connectivity index (χ3n) is 4.87. The van der Waals surface area contributed by atoms with Crippen LogP contribution in [0.5, 0.6) is 5.75 Å². The van der Waals surface area contributed by atoms with E-state index >= 15 is 0 Å². The third kappa shape index (κ3) is 5.60. The van der Waals surface area contributed by atoms with Crippen LogP contribution in [0.1, 0.15) is 25.0 Å². The smallest absolute Gasteiger partial charge is 0.267 e. The SMILES string of the molecule is Cc1cccc(C)c1NS(=O)(=O)c1ccc(NC(=O)C(C)(C)Oc2ccc(Cl)cc2)cc1. The zero-order chi connectivity index (χ0) is 23.5. The summed E-state index contributed by atoms with van der Waals surface area (Å²) in [6.07, 6.45) is 0. The first-order chi connectivity index (χ1) is 15.0. The van der Waals surface area contributed by atoms with Crippen LogP contribution in [-0.2, 0) is 14.8 Å². The maximum atomic E-state index is 12.8. The fourth-order valence-electron chi connectivity index (χ4n) is 3.01. The molecule has 32 heavy (non-hydrogen) atoms. The highest BCUT2D eigenvalue weighted by Gasteiger charge is 2.30. The lowest BCUT2D eigenvalue weighted by Crippen LogP contribution is -2.42. The Morgan fingerprint density at radius 3 is 2.03 bits per heavy atom. The van der Waals surface area contributed by atoms with Crippen molar-refractivity contribution in [2.45, 2.75) is 38.2 Å². The van der Waals surface area contributed by atoms with Crippen molar-refractivity contribution in [1.29, 1.82) is 0 Å². The standard InChI is InChI=1S/C24H25ClN2O4S/c1-16-6-5-7-17(2)22(16)27-32(29,30)21-14-10-19(11-15-21)26-23(28)24(3,4)31-20-12-8-18(25)9-13-20/h5-15,27H,1-4H3,(H,26,28). The van der Waals surface area contributed by atoms with Crippen molar-refractivity contribution in [1.82, 2.24) is 0 Å². The second kappa shape index (κ2) is 9.22. The summed E-state index contributed by atoms with van der Waals surface area (Å²) in [5, 5.41) is 3.33. The normalized spacial score (nSPS) is 11.7. The summed E-state index contributed by atoms with van der Waals surface area (Å²) < 4.78 is 34.0. The van der Waals surface area contributed by atoms with Crippen molar-refractivity contribution >= 4 is 38.9 Å². The molecule has 3 aromatic rings. The van der Waals surface area contributed by atoms with Crippen LogP contribution < -0.4 is 14.8 Å². The van der Waals surface area contributed by atoms with Crippen molar-refractivity contribution in [2.24, 2.45) is 0 Å². The number of hydrogen-bond acceptors (Lipinski definition) is 4. The van der Waals surface area contributed by atoms with E-state index in [1.165, 1.54) is 24.3 Å². The molecule has 1 amide bonds. The van der Waals surface area contributed by atoms with Crippen LogP contribution in [0.2, 0.25) is 5.02 Å². The lowest BCUT2D eigenvalue weighted by molar-refractivity contribution is -0.128. The Morgan fingerprint density at radius 1 is 0.906 bits per heavy atom. The van der Waals surface area contributed by atoms with Crippen LogP contribution in [-0.4, -0.2) is 19.9 Å². The molecular weight excluding hydrogens is 448 g/mol. The van der Waals surface area contributed by atoms with E-state index in [9.17, 15) is 13.2 Å². The monoisotopic (exact) mass is 472 g/mol. The predicted octanol–water partition coefficient (Wildman–Crippen LogP) is 5.55. The molecule has 0 aromatic heterocycles. The number of halogens is 1. The van der Waals surface area contributed by atoms with Crippen LogP contribution in [0.3, 0.4) is 0 Å². The first kappa shape index (κ1) is 23.6. The Balaban J connectivity index is 1.70. The molecule has 3 aromatic carbocycles. The van der Waals surface area contributed by atoms with Crippen molar-refractivity contribution in [3.8, 4) is 5.75 Å². The topological polar surface area (TPSA) is 84.5 Å². The molecule has 0 heterocycles. The van der Waals surface area contributed by atoms with Crippen molar-refractivity contribution < 1.29 is 17.9 Å². The maximum Gasteiger partial charge on any atom is 0.267 e. The minimum absolute atomic E-state index is 0.0924. The summed E-state index contributed by atoms with van der Waals surface area (Å²) in [7, 11) is -3.77. The molecule has 6 nitrogen and oxygen atoms in total. The molecule has 3 rings (SSSR count). The van der Waals surface area contributed by atoms with Gasteiger partial charge >= 0.3 is 0 Å². The first-order valence-corrected chi connectivity index (χ1v) is 11.8. The van der Waals surface area contributed by atoms with Gasteiger partial charge in [0.1, 0.15) is 5.75 Å². The first-order valence-electron chi connectivity index (χ1n) is 9.93. The number of carbonyl (C=O) groups excluding carboxylic acids is 1. The molecular formula is C24H25ClN2O4S. The highest BCUT2D eigenvalue weighted by Crippen LogP contribution is 2.25. The quantitative estimate of drug-likeness (QED) is 0.472. The Labute approximate surface area is 193 Å². The minimum Gasteiger partial charge on any atom is -0.478 e. The zero-order valence-electron chi connectivity index (χ0n) is 18.3. The van der Waals surface area contributed by atoms with E-state index in [4.69, 9.17) is 16.3 Å². The van der Waals surface area contributed by atoms with E-state index in [-0.39, 0.29) is 10.8 Å². The number of aryl methyl sites for hydroxylation is 2. The fourth-order valence-corrected chi connectivity index (χ4v) is 4.34. The average molecular weight is 473 g/mol. The molecule has 0 fully saturated rings. The van der Waals surface area contributed by atoms with Gasteiger partial charge in [-0.2, -0.15) is 0 Å². The van der Waals surface area contributed by atoms with Gasteiger partial charge < -0.3 is 10.1 Å². The molecule has 0 aliphatic heterocycles. The molecule has 0 radical (unpaired) electrons. The summed E-state index contributed by atoms with van der Waals surface area (Å²) in [6.45, 7) is 6.98. The lowest BCUT2D eigenvalue weighted by atomic mass is 10.1. The number of sulfonamides is 1. The van der Waals surface area contributed by atoms with E-state index in [2.05, 4.69) is 10.0 Å². The second-order valence-corrected chi connectivity index (χ2v) is 10.0. The average Bonchev–Trinajstić information content (AvgIpc) is 2.73. The van der Waals surface area contributed by atoms with Gasteiger partial charge in [0.25, 0.3) is 15.9 Å². The molecule has 168 valence electrons. The number of nitrogens with one attached hydrogen (secondary N) is 2. The number of ether oxygens (including phenoxy) is 1. The number of rotatable bonds is 7.